The fraction of sp³-hybridized carbons (Fsp3) is 0.261. The van der Waals surface area contributed by atoms with Crippen LogP contribution < -0.4 is 5.43 Å². The smallest absolute Gasteiger partial charge is 0.276 e. The molecule has 3 aromatic rings. The van der Waals surface area contributed by atoms with Crippen molar-refractivity contribution in [2.45, 2.75) is 30.8 Å². The number of benzene rings is 2. The average molecular weight is 441 g/mol. The molecule has 0 radical (unpaired) electrons. The minimum absolute atomic E-state index is 0.0345. The number of nitrogens with zero attached hydrogens (tertiary/aromatic N) is 3. The highest BCUT2D eigenvalue weighted by Gasteiger charge is 2.48. The van der Waals surface area contributed by atoms with Gasteiger partial charge in [0.05, 0.1) is 18.3 Å². The van der Waals surface area contributed by atoms with Crippen LogP contribution in [-0.4, -0.2) is 38.3 Å². The van der Waals surface area contributed by atoms with Gasteiger partial charge in [-0.1, -0.05) is 12.1 Å². The van der Waals surface area contributed by atoms with Crippen molar-refractivity contribution in [2.24, 2.45) is 0 Å². The molecule has 2 aliphatic heterocycles. The van der Waals surface area contributed by atoms with Crippen LogP contribution in [0.3, 0.4) is 0 Å². The molecular formula is C23H18F3N3O3. The van der Waals surface area contributed by atoms with Gasteiger partial charge in [-0.05, 0) is 48.7 Å². The fourth-order valence-corrected chi connectivity index (χ4v) is 4.96. The van der Waals surface area contributed by atoms with Gasteiger partial charge in [-0.15, -0.1) is 0 Å². The lowest BCUT2D eigenvalue weighted by atomic mass is 9.79. The zero-order chi connectivity index (χ0) is 22.6. The molecule has 1 fully saturated rings. The molecule has 1 unspecified atom stereocenters. The molecule has 2 aliphatic rings. The van der Waals surface area contributed by atoms with Crippen molar-refractivity contribution in [3.63, 3.8) is 0 Å². The van der Waals surface area contributed by atoms with Crippen LogP contribution in [0.5, 0.6) is 5.75 Å². The molecule has 9 heteroatoms. The summed E-state index contributed by atoms with van der Waals surface area (Å²) in [4.78, 5) is 26.6. The highest BCUT2D eigenvalue weighted by molar-refractivity contribution is 5.96. The molecule has 3 atom stereocenters. The van der Waals surface area contributed by atoms with E-state index in [1.54, 1.807) is 6.07 Å². The van der Waals surface area contributed by atoms with Crippen LogP contribution in [-0.2, 0) is 0 Å². The Morgan fingerprint density at radius 3 is 2.62 bits per heavy atom. The molecule has 32 heavy (non-hydrogen) atoms. The van der Waals surface area contributed by atoms with Crippen LogP contribution in [0.4, 0.5) is 13.2 Å². The number of aromatic hydroxyl groups is 1. The fourth-order valence-electron chi connectivity index (χ4n) is 4.96. The maximum Gasteiger partial charge on any atom is 0.276 e. The Morgan fingerprint density at radius 2 is 1.84 bits per heavy atom. The SMILES string of the molecule is O=C1c2c(O)c(=O)cnn2[C@@H](C(c2cccc(F)c2)c2cc(F)ccc2F)[C@H]2CCCN12. The number of hydrogen-bond acceptors (Lipinski definition) is 4. The minimum atomic E-state index is -0.951. The minimum Gasteiger partial charge on any atom is -0.502 e. The van der Waals surface area contributed by atoms with Crippen LogP contribution >= 0.6 is 0 Å². The Morgan fingerprint density at radius 1 is 1.06 bits per heavy atom. The van der Waals surface area contributed by atoms with E-state index in [-0.39, 0.29) is 11.3 Å². The van der Waals surface area contributed by atoms with Gasteiger partial charge >= 0.3 is 0 Å². The van der Waals surface area contributed by atoms with E-state index < -0.39 is 52.5 Å². The van der Waals surface area contributed by atoms with E-state index in [9.17, 15) is 23.5 Å². The van der Waals surface area contributed by atoms with E-state index in [4.69, 9.17) is 0 Å². The lowest BCUT2D eigenvalue weighted by Crippen LogP contribution is -2.51. The number of halogens is 3. The molecule has 5 rings (SSSR count). The number of carbonyl (C=O) groups excluding carboxylic acids is 1. The molecule has 2 aromatic carbocycles. The maximum atomic E-state index is 15.0. The van der Waals surface area contributed by atoms with Crippen molar-refractivity contribution in [1.29, 1.82) is 0 Å². The number of hydrogen-bond donors (Lipinski definition) is 1. The normalized spacial score (nSPS) is 20.7. The third-order valence-corrected chi connectivity index (χ3v) is 6.27. The first-order valence-electron chi connectivity index (χ1n) is 10.2. The second-order valence-electron chi connectivity index (χ2n) is 8.05. The molecule has 0 aliphatic carbocycles. The molecule has 0 saturated carbocycles. The topological polar surface area (TPSA) is 75.4 Å². The molecule has 1 amide bonds. The number of fused-ring (bicyclic) bond motifs is 2. The van der Waals surface area contributed by atoms with E-state index in [1.165, 1.54) is 27.8 Å². The third-order valence-electron chi connectivity index (χ3n) is 6.27. The van der Waals surface area contributed by atoms with Gasteiger partial charge in [-0.2, -0.15) is 5.10 Å². The Balaban J connectivity index is 1.82. The summed E-state index contributed by atoms with van der Waals surface area (Å²) in [6, 6.07) is 7.27. The highest BCUT2D eigenvalue weighted by Crippen LogP contribution is 2.46. The van der Waals surface area contributed by atoms with Gasteiger partial charge in [0.25, 0.3) is 5.91 Å². The average Bonchev–Trinajstić information content (AvgIpc) is 3.25. The third kappa shape index (κ3) is 3.07. The predicted molar refractivity (Wildman–Crippen MR) is 108 cm³/mol. The Hall–Kier alpha value is -3.62. The van der Waals surface area contributed by atoms with Crippen LogP contribution in [0.2, 0.25) is 0 Å². The quantitative estimate of drug-likeness (QED) is 0.677. The zero-order valence-corrected chi connectivity index (χ0v) is 16.7. The van der Waals surface area contributed by atoms with Crippen molar-refractivity contribution >= 4 is 5.91 Å². The summed E-state index contributed by atoms with van der Waals surface area (Å²) in [5, 5.41) is 14.5. The predicted octanol–water partition coefficient (Wildman–Crippen LogP) is 3.36. The van der Waals surface area contributed by atoms with Gasteiger partial charge in [0, 0.05) is 18.0 Å². The summed E-state index contributed by atoms with van der Waals surface area (Å²) in [6.07, 6.45) is 2.08. The van der Waals surface area contributed by atoms with E-state index in [0.29, 0.717) is 24.9 Å². The van der Waals surface area contributed by atoms with Gasteiger partial charge in [-0.3, -0.25) is 14.3 Å². The summed E-state index contributed by atoms with van der Waals surface area (Å²) >= 11 is 0. The van der Waals surface area contributed by atoms with E-state index in [0.717, 1.165) is 24.4 Å². The van der Waals surface area contributed by atoms with Gasteiger partial charge in [0.15, 0.2) is 11.4 Å². The Labute approximate surface area is 180 Å². The number of rotatable bonds is 3. The Kier molecular flexibility index (Phi) is 4.76. The first-order chi connectivity index (χ1) is 15.4. The summed E-state index contributed by atoms with van der Waals surface area (Å²) in [6.45, 7) is 0.379. The first-order valence-corrected chi connectivity index (χ1v) is 10.2. The van der Waals surface area contributed by atoms with Gasteiger partial charge in [0.1, 0.15) is 17.5 Å². The molecule has 164 valence electrons. The summed E-state index contributed by atoms with van der Waals surface area (Å²) in [5.74, 6) is -4.19. The molecule has 3 heterocycles. The number of amides is 1. The van der Waals surface area contributed by atoms with Crippen molar-refractivity contribution in [3.8, 4) is 5.75 Å². The van der Waals surface area contributed by atoms with E-state index in [1.807, 2.05) is 0 Å². The van der Waals surface area contributed by atoms with Crippen molar-refractivity contribution in [1.82, 2.24) is 14.7 Å². The van der Waals surface area contributed by atoms with Gasteiger partial charge < -0.3 is 10.0 Å². The second kappa shape index (κ2) is 7.51. The lowest BCUT2D eigenvalue weighted by Gasteiger charge is -2.42. The number of carbonyl (C=O) groups is 1. The molecule has 6 nitrogen and oxygen atoms in total. The van der Waals surface area contributed by atoms with Crippen molar-refractivity contribution < 1.29 is 23.1 Å². The lowest BCUT2D eigenvalue weighted by molar-refractivity contribution is 0.0564. The van der Waals surface area contributed by atoms with Crippen LogP contribution in [0.1, 0.15) is 46.4 Å². The zero-order valence-electron chi connectivity index (χ0n) is 16.7. The molecule has 0 bridgehead atoms. The molecule has 1 saturated heterocycles. The standard InChI is InChI=1S/C23H18F3N3O3/c24-13-4-1-3-12(9-13)19(15-10-14(25)6-7-16(15)26)20-17-5-2-8-28(17)23(32)21-22(31)18(30)11-27-29(20)21/h1,3-4,6-7,9-11,17,19-20,31H,2,5,8H2/t17-,19?,20-/m1/s1. The van der Waals surface area contributed by atoms with E-state index >= 15 is 4.39 Å². The van der Waals surface area contributed by atoms with Crippen LogP contribution in [0.25, 0.3) is 0 Å². The first kappa shape index (κ1) is 20.3. The molecule has 1 N–H and O–H groups in total. The highest BCUT2D eigenvalue weighted by atomic mass is 19.1. The summed E-state index contributed by atoms with van der Waals surface area (Å²) in [7, 11) is 0. The van der Waals surface area contributed by atoms with Crippen LogP contribution in [0, 0.1) is 17.5 Å². The van der Waals surface area contributed by atoms with Crippen molar-refractivity contribution in [3.05, 3.63) is 93.2 Å². The largest absolute Gasteiger partial charge is 0.502 e. The molecular weight excluding hydrogens is 423 g/mol. The Bertz CT molecular complexity index is 1290. The van der Waals surface area contributed by atoms with Crippen LogP contribution in [0.15, 0.2) is 53.5 Å². The van der Waals surface area contributed by atoms with Gasteiger partial charge in [0.2, 0.25) is 5.43 Å². The molecule has 1 aromatic heterocycles. The summed E-state index contributed by atoms with van der Waals surface area (Å²) < 4.78 is 44.6. The monoisotopic (exact) mass is 441 g/mol. The van der Waals surface area contributed by atoms with Gasteiger partial charge in [-0.25, -0.2) is 13.2 Å². The molecule has 0 spiro atoms. The van der Waals surface area contributed by atoms with Crippen molar-refractivity contribution in [2.75, 3.05) is 6.54 Å². The maximum absolute atomic E-state index is 15.0. The number of aromatic nitrogens is 2. The summed E-state index contributed by atoms with van der Waals surface area (Å²) in [5.41, 5.74) is -0.807. The van der Waals surface area contributed by atoms with E-state index in [2.05, 4.69) is 5.10 Å². The second-order valence-corrected chi connectivity index (χ2v) is 8.05.